The van der Waals surface area contributed by atoms with Crippen LogP contribution in [0.4, 0.5) is 11.5 Å². The number of pyridine rings is 1. The van der Waals surface area contributed by atoms with Crippen molar-refractivity contribution in [2.75, 3.05) is 25.1 Å². The number of aromatic nitrogens is 1. The van der Waals surface area contributed by atoms with E-state index in [1.165, 1.54) is 12.5 Å². The number of nitro groups is 1. The molecule has 0 spiro atoms. The largest absolute Gasteiger partial charge is 0.376 e. The van der Waals surface area contributed by atoms with Crippen molar-refractivity contribution >= 4 is 11.5 Å². The Hall–Kier alpha value is -1.69. The van der Waals surface area contributed by atoms with Crippen LogP contribution in [0.2, 0.25) is 0 Å². The Morgan fingerprint density at radius 1 is 1.53 bits per heavy atom. The molecule has 0 aromatic carbocycles. The van der Waals surface area contributed by atoms with Gasteiger partial charge in [-0.05, 0) is 32.3 Å². The van der Waals surface area contributed by atoms with Crippen molar-refractivity contribution in [2.24, 2.45) is 0 Å². The standard InChI is InChI=1S/C13H19N3O3/c1-10-12(16(17)18)6-7-13(14-10)15(2)9-11-5-3-4-8-19-11/h6-7,11H,3-5,8-9H2,1-2H3. The summed E-state index contributed by atoms with van der Waals surface area (Å²) in [6.45, 7) is 3.25. The highest BCUT2D eigenvalue weighted by Gasteiger charge is 2.18. The second-order valence-electron chi connectivity index (χ2n) is 4.90. The number of hydrogen-bond donors (Lipinski definition) is 0. The molecule has 1 aromatic heterocycles. The summed E-state index contributed by atoms with van der Waals surface area (Å²) in [5.41, 5.74) is 0.505. The second kappa shape index (κ2) is 5.97. The van der Waals surface area contributed by atoms with Gasteiger partial charge in [0.2, 0.25) is 0 Å². The number of rotatable bonds is 4. The maximum Gasteiger partial charge on any atom is 0.290 e. The van der Waals surface area contributed by atoms with E-state index in [2.05, 4.69) is 4.98 Å². The first-order chi connectivity index (χ1) is 9.08. The number of anilines is 1. The summed E-state index contributed by atoms with van der Waals surface area (Å²) < 4.78 is 5.68. The van der Waals surface area contributed by atoms with Gasteiger partial charge in [-0.3, -0.25) is 10.1 Å². The van der Waals surface area contributed by atoms with Gasteiger partial charge in [0.15, 0.2) is 0 Å². The molecule has 1 aliphatic rings. The highest BCUT2D eigenvalue weighted by molar-refractivity contribution is 5.46. The van der Waals surface area contributed by atoms with Gasteiger partial charge in [0.1, 0.15) is 11.5 Å². The van der Waals surface area contributed by atoms with Gasteiger partial charge in [0.25, 0.3) is 5.69 Å². The van der Waals surface area contributed by atoms with Gasteiger partial charge in [0, 0.05) is 26.3 Å². The quantitative estimate of drug-likeness (QED) is 0.617. The second-order valence-corrected chi connectivity index (χ2v) is 4.90. The Balaban J connectivity index is 2.04. The van der Waals surface area contributed by atoms with E-state index in [-0.39, 0.29) is 11.8 Å². The number of hydrogen-bond acceptors (Lipinski definition) is 5. The molecular weight excluding hydrogens is 246 g/mol. The molecular formula is C13H19N3O3. The Kier molecular flexibility index (Phi) is 4.31. The van der Waals surface area contributed by atoms with Gasteiger partial charge in [-0.1, -0.05) is 0 Å². The summed E-state index contributed by atoms with van der Waals surface area (Å²) in [6, 6.07) is 3.20. The molecule has 104 valence electrons. The van der Waals surface area contributed by atoms with Crippen LogP contribution >= 0.6 is 0 Å². The van der Waals surface area contributed by atoms with Crippen molar-refractivity contribution in [3.8, 4) is 0 Å². The molecule has 2 heterocycles. The lowest BCUT2D eigenvalue weighted by Crippen LogP contribution is -2.33. The van der Waals surface area contributed by atoms with Crippen molar-refractivity contribution in [1.82, 2.24) is 4.98 Å². The highest BCUT2D eigenvalue weighted by Crippen LogP contribution is 2.21. The normalized spacial score (nSPS) is 19.2. The van der Waals surface area contributed by atoms with Crippen molar-refractivity contribution in [3.05, 3.63) is 27.9 Å². The lowest BCUT2D eigenvalue weighted by molar-refractivity contribution is -0.385. The number of likely N-dealkylation sites (N-methyl/N-ethyl adjacent to an activating group) is 1. The molecule has 1 aliphatic heterocycles. The number of aryl methyl sites for hydroxylation is 1. The van der Waals surface area contributed by atoms with E-state index in [0.717, 1.165) is 31.8 Å². The predicted octanol–water partition coefficient (Wildman–Crippen LogP) is 2.30. The third-order valence-corrected chi connectivity index (χ3v) is 3.38. The van der Waals surface area contributed by atoms with E-state index in [1.807, 2.05) is 11.9 Å². The van der Waals surface area contributed by atoms with Crippen LogP contribution in [0, 0.1) is 17.0 Å². The van der Waals surface area contributed by atoms with E-state index in [9.17, 15) is 10.1 Å². The molecule has 0 N–H and O–H groups in total. The van der Waals surface area contributed by atoms with Gasteiger partial charge in [-0.2, -0.15) is 0 Å². The molecule has 1 atom stereocenters. The third kappa shape index (κ3) is 3.41. The summed E-state index contributed by atoms with van der Waals surface area (Å²) in [6.07, 6.45) is 3.63. The van der Waals surface area contributed by atoms with Gasteiger partial charge in [-0.15, -0.1) is 0 Å². The van der Waals surface area contributed by atoms with Crippen LogP contribution in [-0.4, -0.2) is 36.2 Å². The molecule has 19 heavy (non-hydrogen) atoms. The maximum atomic E-state index is 10.8. The minimum absolute atomic E-state index is 0.0612. The van der Waals surface area contributed by atoms with Crippen LogP contribution in [-0.2, 0) is 4.74 Å². The maximum absolute atomic E-state index is 10.8. The molecule has 1 unspecified atom stereocenters. The van der Waals surface area contributed by atoms with Crippen molar-refractivity contribution in [3.63, 3.8) is 0 Å². The van der Waals surface area contributed by atoms with Crippen LogP contribution in [0.3, 0.4) is 0 Å². The van der Waals surface area contributed by atoms with Gasteiger partial charge in [-0.25, -0.2) is 4.98 Å². The fourth-order valence-electron chi connectivity index (χ4n) is 2.30. The summed E-state index contributed by atoms with van der Waals surface area (Å²) in [5, 5.41) is 10.8. The minimum Gasteiger partial charge on any atom is -0.376 e. The van der Waals surface area contributed by atoms with Crippen LogP contribution in [0.15, 0.2) is 12.1 Å². The summed E-state index contributed by atoms with van der Waals surface area (Å²) in [4.78, 5) is 16.6. The fourth-order valence-corrected chi connectivity index (χ4v) is 2.30. The Morgan fingerprint density at radius 2 is 2.32 bits per heavy atom. The monoisotopic (exact) mass is 265 g/mol. The molecule has 6 nitrogen and oxygen atoms in total. The van der Waals surface area contributed by atoms with Gasteiger partial charge >= 0.3 is 0 Å². The summed E-state index contributed by atoms with van der Waals surface area (Å²) in [5.74, 6) is 0.747. The lowest BCUT2D eigenvalue weighted by Gasteiger charge is -2.28. The molecule has 1 fully saturated rings. The van der Waals surface area contributed by atoms with E-state index < -0.39 is 4.92 Å². The molecule has 0 bridgehead atoms. The Labute approximate surface area is 112 Å². The Bertz CT molecular complexity index is 458. The smallest absolute Gasteiger partial charge is 0.290 e. The summed E-state index contributed by atoms with van der Waals surface area (Å²) in [7, 11) is 1.94. The predicted molar refractivity (Wildman–Crippen MR) is 72.5 cm³/mol. The molecule has 0 aliphatic carbocycles. The zero-order chi connectivity index (χ0) is 13.8. The first-order valence-corrected chi connectivity index (χ1v) is 6.52. The third-order valence-electron chi connectivity index (χ3n) is 3.38. The topological polar surface area (TPSA) is 68.5 Å². The van der Waals surface area contributed by atoms with E-state index in [0.29, 0.717) is 5.69 Å². The number of nitrogens with zero attached hydrogens (tertiary/aromatic N) is 3. The van der Waals surface area contributed by atoms with Gasteiger partial charge < -0.3 is 9.64 Å². The molecule has 0 saturated carbocycles. The zero-order valence-corrected chi connectivity index (χ0v) is 11.3. The van der Waals surface area contributed by atoms with Crippen LogP contribution < -0.4 is 4.90 Å². The average molecular weight is 265 g/mol. The Morgan fingerprint density at radius 3 is 2.89 bits per heavy atom. The van der Waals surface area contributed by atoms with E-state index in [4.69, 9.17) is 4.74 Å². The average Bonchev–Trinajstić information content (AvgIpc) is 2.39. The zero-order valence-electron chi connectivity index (χ0n) is 11.3. The highest BCUT2D eigenvalue weighted by atomic mass is 16.6. The molecule has 0 amide bonds. The van der Waals surface area contributed by atoms with Gasteiger partial charge in [0.05, 0.1) is 11.0 Å². The first-order valence-electron chi connectivity index (χ1n) is 6.52. The molecule has 1 saturated heterocycles. The molecule has 1 aromatic rings. The van der Waals surface area contributed by atoms with Crippen LogP contribution in [0.25, 0.3) is 0 Å². The molecule has 6 heteroatoms. The molecule has 2 rings (SSSR count). The summed E-state index contributed by atoms with van der Waals surface area (Å²) >= 11 is 0. The van der Waals surface area contributed by atoms with Crippen molar-refractivity contribution < 1.29 is 9.66 Å². The van der Waals surface area contributed by atoms with Crippen LogP contribution in [0.5, 0.6) is 0 Å². The molecule has 0 radical (unpaired) electrons. The van der Waals surface area contributed by atoms with E-state index in [1.54, 1.807) is 13.0 Å². The van der Waals surface area contributed by atoms with Crippen molar-refractivity contribution in [1.29, 1.82) is 0 Å². The lowest BCUT2D eigenvalue weighted by atomic mass is 10.1. The van der Waals surface area contributed by atoms with Crippen molar-refractivity contribution in [2.45, 2.75) is 32.3 Å². The first kappa shape index (κ1) is 13.7. The van der Waals surface area contributed by atoms with Crippen LogP contribution in [0.1, 0.15) is 25.0 Å². The van der Waals surface area contributed by atoms with E-state index >= 15 is 0 Å². The number of ether oxygens (including phenoxy) is 1. The fraction of sp³-hybridized carbons (Fsp3) is 0.615. The minimum atomic E-state index is -0.406. The SMILES string of the molecule is Cc1nc(N(C)CC2CCCCO2)ccc1[N+](=O)[O-].